The number of amides is 2. The fourth-order valence-electron chi connectivity index (χ4n) is 2.60. The Hall–Kier alpha value is -1.85. The number of hydrogen-bond acceptors (Lipinski definition) is 3. The van der Waals surface area contributed by atoms with Crippen LogP contribution in [0.3, 0.4) is 0 Å². The van der Waals surface area contributed by atoms with Crippen LogP contribution in [0, 0.1) is 0 Å². The number of halogens is 4. The van der Waals surface area contributed by atoms with Crippen molar-refractivity contribution in [2.24, 2.45) is 4.99 Å². The molecule has 10 heteroatoms. The van der Waals surface area contributed by atoms with Crippen molar-refractivity contribution in [1.29, 1.82) is 0 Å². The molecular weight excluding hydrogens is 476 g/mol. The average molecular weight is 498 g/mol. The molecule has 1 fully saturated rings. The highest BCUT2D eigenvalue weighted by atomic mass is 127. The Morgan fingerprint density at radius 1 is 1.19 bits per heavy atom. The van der Waals surface area contributed by atoms with Gasteiger partial charge in [0.25, 0.3) is 0 Å². The largest absolute Gasteiger partial charge is 0.416 e. The standard InChI is InChI=1S/C17H21F3N4O2.HI/c1-21-16(22-8-9-24-14(25)6-3-7-15(24)26)23-11-12-4-2-5-13(10-12)17(18,19)20;/h2,4-5,10H,3,6-9,11H2,1H3,(H2,21,22,23);1H. The zero-order valence-electron chi connectivity index (χ0n) is 14.8. The Labute approximate surface area is 172 Å². The van der Waals surface area contributed by atoms with E-state index in [0.29, 0.717) is 37.3 Å². The molecule has 0 bridgehead atoms. The van der Waals surface area contributed by atoms with Crippen LogP contribution < -0.4 is 10.6 Å². The van der Waals surface area contributed by atoms with E-state index in [-0.39, 0.29) is 48.9 Å². The number of imide groups is 1. The van der Waals surface area contributed by atoms with E-state index in [1.807, 2.05) is 0 Å². The van der Waals surface area contributed by atoms with Gasteiger partial charge in [0, 0.05) is 39.5 Å². The predicted octanol–water partition coefficient (Wildman–Crippen LogP) is 2.53. The van der Waals surface area contributed by atoms with Crippen molar-refractivity contribution >= 4 is 41.8 Å². The molecule has 0 saturated carbocycles. The third-order valence-electron chi connectivity index (χ3n) is 3.95. The van der Waals surface area contributed by atoms with Gasteiger partial charge in [-0.25, -0.2) is 0 Å². The first kappa shape index (κ1) is 23.2. The number of benzene rings is 1. The molecule has 1 heterocycles. The maximum Gasteiger partial charge on any atom is 0.416 e. The minimum atomic E-state index is -4.39. The summed E-state index contributed by atoms with van der Waals surface area (Å²) in [5, 5.41) is 5.85. The summed E-state index contributed by atoms with van der Waals surface area (Å²) in [6.07, 6.45) is -3.06. The molecule has 150 valence electrons. The number of carbonyl (C=O) groups excluding carboxylic acids is 2. The van der Waals surface area contributed by atoms with Gasteiger partial charge in [-0.2, -0.15) is 13.2 Å². The zero-order valence-corrected chi connectivity index (χ0v) is 17.1. The predicted molar refractivity (Wildman–Crippen MR) is 106 cm³/mol. The van der Waals surface area contributed by atoms with Crippen LogP contribution in [0.15, 0.2) is 29.3 Å². The molecule has 0 aromatic heterocycles. The topological polar surface area (TPSA) is 73.8 Å². The van der Waals surface area contributed by atoms with Crippen LogP contribution in [0.2, 0.25) is 0 Å². The van der Waals surface area contributed by atoms with E-state index in [4.69, 9.17) is 0 Å². The normalized spacial score (nSPS) is 15.4. The summed E-state index contributed by atoms with van der Waals surface area (Å²) in [5.41, 5.74) is -0.244. The quantitative estimate of drug-likeness (QED) is 0.283. The second kappa shape index (κ2) is 10.5. The molecule has 0 atom stereocenters. The molecule has 27 heavy (non-hydrogen) atoms. The molecule has 1 aliphatic rings. The molecule has 1 aliphatic heterocycles. The van der Waals surface area contributed by atoms with E-state index in [1.54, 1.807) is 6.07 Å². The first-order valence-electron chi connectivity index (χ1n) is 8.25. The number of likely N-dealkylation sites (tertiary alicyclic amines) is 1. The Kier molecular flexibility index (Phi) is 9.00. The number of alkyl halides is 3. The number of hydrogen-bond donors (Lipinski definition) is 2. The van der Waals surface area contributed by atoms with Crippen molar-refractivity contribution in [1.82, 2.24) is 15.5 Å². The van der Waals surface area contributed by atoms with E-state index in [9.17, 15) is 22.8 Å². The summed E-state index contributed by atoms with van der Waals surface area (Å²) in [4.78, 5) is 28.6. The number of guanidine groups is 1. The van der Waals surface area contributed by atoms with Gasteiger partial charge in [0.05, 0.1) is 5.56 Å². The van der Waals surface area contributed by atoms with Crippen LogP contribution in [-0.2, 0) is 22.3 Å². The third kappa shape index (κ3) is 7.00. The van der Waals surface area contributed by atoms with Crippen LogP contribution >= 0.6 is 24.0 Å². The van der Waals surface area contributed by atoms with Crippen LogP contribution in [0.5, 0.6) is 0 Å². The van der Waals surface area contributed by atoms with Crippen LogP contribution in [0.1, 0.15) is 30.4 Å². The first-order valence-corrected chi connectivity index (χ1v) is 8.25. The van der Waals surface area contributed by atoms with E-state index in [2.05, 4.69) is 15.6 Å². The maximum atomic E-state index is 12.7. The van der Waals surface area contributed by atoms with Gasteiger partial charge in [-0.15, -0.1) is 24.0 Å². The molecule has 2 amide bonds. The number of nitrogens with zero attached hydrogens (tertiary/aromatic N) is 2. The molecule has 1 aromatic rings. The van der Waals surface area contributed by atoms with Gasteiger partial charge in [0.15, 0.2) is 5.96 Å². The van der Waals surface area contributed by atoms with Gasteiger partial charge in [0.2, 0.25) is 11.8 Å². The van der Waals surface area contributed by atoms with Gasteiger partial charge in [-0.05, 0) is 24.1 Å². The fraction of sp³-hybridized carbons (Fsp3) is 0.471. The molecule has 0 aliphatic carbocycles. The summed E-state index contributed by atoms with van der Waals surface area (Å²) in [5.74, 6) is 0.00393. The van der Waals surface area contributed by atoms with Gasteiger partial charge in [0.1, 0.15) is 0 Å². The molecule has 1 aromatic carbocycles. The van der Waals surface area contributed by atoms with Gasteiger partial charge < -0.3 is 10.6 Å². The van der Waals surface area contributed by atoms with Gasteiger partial charge in [-0.3, -0.25) is 19.5 Å². The lowest BCUT2D eigenvalue weighted by Crippen LogP contribution is -2.46. The lowest BCUT2D eigenvalue weighted by molar-refractivity contribution is -0.147. The Morgan fingerprint density at radius 3 is 2.44 bits per heavy atom. The minimum Gasteiger partial charge on any atom is -0.355 e. The number of rotatable bonds is 5. The minimum absolute atomic E-state index is 0. The maximum absolute atomic E-state index is 12.7. The van der Waals surface area contributed by atoms with Crippen molar-refractivity contribution in [3.05, 3.63) is 35.4 Å². The number of piperidine rings is 1. The first-order chi connectivity index (χ1) is 12.3. The number of nitrogens with one attached hydrogen (secondary N) is 2. The van der Waals surface area contributed by atoms with Crippen LogP contribution in [0.4, 0.5) is 13.2 Å². The van der Waals surface area contributed by atoms with Crippen molar-refractivity contribution < 1.29 is 22.8 Å². The van der Waals surface area contributed by atoms with Crippen molar-refractivity contribution in [2.45, 2.75) is 32.0 Å². The summed E-state index contributed by atoms with van der Waals surface area (Å²) in [6, 6.07) is 5.03. The molecular formula is C17H22F3IN4O2. The summed E-state index contributed by atoms with van der Waals surface area (Å²) >= 11 is 0. The second-order valence-corrected chi connectivity index (χ2v) is 5.84. The average Bonchev–Trinajstić information content (AvgIpc) is 2.59. The summed E-state index contributed by atoms with van der Waals surface area (Å²) in [7, 11) is 1.53. The molecule has 0 spiro atoms. The van der Waals surface area contributed by atoms with Crippen molar-refractivity contribution in [2.75, 3.05) is 20.1 Å². The monoisotopic (exact) mass is 498 g/mol. The highest BCUT2D eigenvalue weighted by molar-refractivity contribution is 14.0. The Morgan fingerprint density at radius 2 is 1.85 bits per heavy atom. The SMILES string of the molecule is CN=C(NCCN1C(=O)CCCC1=O)NCc1cccc(C(F)(F)F)c1.I. The molecule has 0 radical (unpaired) electrons. The van der Waals surface area contributed by atoms with E-state index >= 15 is 0 Å². The Bertz CT molecular complexity index is 679. The third-order valence-corrected chi connectivity index (χ3v) is 3.95. The fourth-order valence-corrected chi connectivity index (χ4v) is 2.60. The molecule has 0 unspecified atom stereocenters. The summed E-state index contributed by atoms with van der Waals surface area (Å²) < 4.78 is 38.2. The number of carbonyl (C=O) groups is 2. The van der Waals surface area contributed by atoms with Crippen molar-refractivity contribution in [3.63, 3.8) is 0 Å². The second-order valence-electron chi connectivity index (χ2n) is 5.84. The Balaban J connectivity index is 0.00000364. The summed E-state index contributed by atoms with van der Waals surface area (Å²) in [6.45, 7) is 0.687. The smallest absolute Gasteiger partial charge is 0.355 e. The van der Waals surface area contributed by atoms with Crippen LogP contribution in [-0.4, -0.2) is 42.8 Å². The zero-order chi connectivity index (χ0) is 19.2. The van der Waals surface area contributed by atoms with E-state index in [0.717, 1.165) is 12.1 Å². The molecule has 2 N–H and O–H groups in total. The lowest BCUT2D eigenvalue weighted by atomic mass is 10.1. The van der Waals surface area contributed by atoms with E-state index < -0.39 is 11.7 Å². The molecule has 2 rings (SSSR count). The molecule has 6 nitrogen and oxygen atoms in total. The lowest BCUT2D eigenvalue weighted by Gasteiger charge is -2.25. The number of aliphatic imine (C=N–C) groups is 1. The molecule has 1 saturated heterocycles. The van der Waals surface area contributed by atoms with Crippen LogP contribution in [0.25, 0.3) is 0 Å². The van der Waals surface area contributed by atoms with E-state index in [1.165, 1.54) is 18.0 Å². The van der Waals surface area contributed by atoms with Gasteiger partial charge >= 0.3 is 6.18 Å². The van der Waals surface area contributed by atoms with Gasteiger partial charge in [-0.1, -0.05) is 12.1 Å². The highest BCUT2D eigenvalue weighted by Crippen LogP contribution is 2.29. The van der Waals surface area contributed by atoms with Crippen molar-refractivity contribution in [3.8, 4) is 0 Å². The highest BCUT2D eigenvalue weighted by Gasteiger charge is 2.30.